The van der Waals surface area contributed by atoms with Crippen LogP contribution in [0, 0.1) is 11.3 Å². The molecular weight excluding hydrogens is 196 g/mol. The molecule has 3 aliphatic rings. The molecule has 1 saturated carbocycles. The van der Waals surface area contributed by atoms with Crippen LogP contribution in [0.1, 0.15) is 44.9 Å². The average Bonchev–Trinajstić information content (AvgIpc) is 2.68. The van der Waals surface area contributed by atoms with Crippen LogP contribution in [0.2, 0.25) is 0 Å². The van der Waals surface area contributed by atoms with E-state index in [0.717, 1.165) is 11.3 Å². The third kappa shape index (κ3) is 2.28. The Morgan fingerprint density at radius 2 is 1.69 bits per heavy atom. The van der Waals surface area contributed by atoms with E-state index in [9.17, 15) is 0 Å². The quantitative estimate of drug-likeness (QED) is 0.788. The van der Waals surface area contributed by atoms with E-state index in [4.69, 9.17) is 0 Å². The second-order valence-electron chi connectivity index (χ2n) is 6.36. The number of nitrogens with one attached hydrogen (secondary N) is 1. The molecule has 2 nitrogen and oxygen atoms in total. The largest absolute Gasteiger partial charge is 0.316 e. The van der Waals surface area contributed by atoms with Gasteiger partial charge in [0.2, 0.25) is 0 Å². The second kappa shape index (κ2) is 4.66. The fraction of sp³-hybridized carbons (Fsp3) is 1.00. The van der Waals surface area contributed by atoms with E-state index in [1.807, 2.05) is 0 Å². The van der Waals surface area contributed by atoms with Crippen LogP contribution in [-0.2, 0) is 0 Å². The van der Waals surface area contributed by atoms with Gasteiger partial charge < -0.3 is 10.2 Å². The zero-order chi connectivity index (χ0) is 10.8. The Morgan fingerprint density at radius 1 is 1.00 bits per heavy atom. The summed E-state index contributed by atoms with van der Waals surface area (Å²) in [7, 11) is 0. The molecule has 0 unspecified atom stereocenters. The maximum absolute atomic E-state index is 3.37. The Balaban J connectivity index is 1.39. The Bertz CT molecular complexity index is 219. The molecule has 0 atom stereocenters. The van der Waals surface area contributed by atoms with Crippen molar-refractivity contribution in [3.63, 3.8) is 0 Å². The highest BCUT2D eigenvalue weighted by molar-refractivity contribution is 4.90. The van der Waals surface area contributed by atoms with E-state index in [0.29, 0.717) is 0 Å². The molecule has 2 heteroatoms. The molecule has 1 spiro atoms. The molecule has 2 saturated heterocycles. The van der Waals surface area contributed by atoms with Gasteiger partial charge in [-0.1, -0.05) is 12.8 Å². The lowest BCUT2D eigenvalue weighted by Gasteiger charge is -2.40. The van der Waals surface area contributed by atoms with E-state index >= 15 is 0 Å². The number of piperidine rings is 1. The number of hydrogen-bond donors (Lipinski definition) is 1. The van der Waals surface area contributed by atoms with Crippen molar-refractivity contribution in [1.29, 1.82) is 0 Å². The van der Waals surface area contributed by atoms with Crippen molar-refractivity contribution in [3.8, 4) is 0 Å². The lowest BCUT2D eigenvalue weighted by Crippen LogP contribution is -2.45. The molecule has 1 aliphatic carbocycles. The number of hydrogen-bond acceptors (Lipinski definition) is 2. The molecule has 2 aliphatic heterocycles. The summed E-state index contributed by atoms with van der Waals surface area (Å²) in [5.74, 6) is 0.988. The Labute approximate surface area is 99.8 Å². The monoisotopic (exact) mass is 222 g/mol. The zero-order valence-corrected chi connectivity index (χ0v) is 10.5. The Kier molecular flexibility index (Phi) is 3.21. The predicted molar refractivity (Wildman–Crippen MR) is 67.6 cm³/mol. The maximum Gasteiger partial charge on any atom is -0.000778 e. The van der Waals surface area contributed by atoms with Crippen molar-refractivity contribution in [2.24, 2.45) is 11.3 Å². The SMILES string of the molecule is C1CCC2(C1)CCN(CCC1CNC1)CC2. The van der Waals surface area contributed by atoms with Crippen molar-refractivity contribution < 1.29 is 0 Å². The molecule has 0 aromatic heterocycles. The molecule has 0 radical (unpaired) electrons. The first kappa shape index (κ1) is 11.0. The minimum Gasteiger partial charge on any atom is -0.316 e. The zero-order valence-electron chi connectivity index (χ0n) is 10.5. The molecule has 0 bridgehead atoms. The summed E-state index contributed by atoms with van der Waals surface area (Å²) in [6.07, 6.45) is 10.5. The van der Waals surface area contributed by atoms with E-state index in [2.05, 4.69) is 10.2 Å². The molecule has 0 amide bonds. The van der Waals surface area contributed by atoms with Gasteiger partial charge in [-0.3, -0.25) is 0 Å². The van der Waals surface area contributed by atoms with Gasteiger partial charge in [0.1, 0.15) is 0 Å². The van der Waals surface area contributed by atoms with E-state index < -0.39 is 0 Å². The van der Waals surface area contributed by atoms with Crippen LogP contribution in [0.15, 0.2) is 0 Å². The normalized spacial score (nSPS) is 30.8. The van der Waals surface area contributed by atoms with E-state index in [1.54, 1.807) is 0 Å². The summed E-state index contributed by atoms with van der Waals surface area (Å²) in [6.45, 7) is 6.69. The minimum atomic E-state index is 0.800. The molecule has 0 aromatic carbocycles. The van der Waals surface area contributed by atoms with Gasteiger partial charge in [-0.15, -0.1) is 0 Å². The van der Waals surface area contributed by atoms with Gasteiger partial charge in [0.25, 0.3) is 0 Å². The highest BCUT2D eigenvalue weighted by Crippen LogP contribution is 2.46. The smallest absolute Gasteiger partial charge is 0.000778 e. The van der Waals surface area contributed by atoms with Crippen molar-refractivity contribution in [3.05, 3.63) is 0 Å². The number of likely N-dealkylation sites (tertiary alicyclic amines) is 1. The summed E-state index contributed by atoms with van der Waals surface area (Å²) in [5.41, 5.74) is 0.800. The van der Waals surface area contributed by atoms with Crippen LogP contribution in [0.5, 0.6) is 0 Å². The first-order valence-electron chi connectivity index (χ1n) is 7.29. The summed E-state index contributed by atoms with van der Waals surface area (Å²) < 4.78 is 0. The molecule has 1 N–H and O–H groups in total. The Hall–Kier alpha value is -0.0800. The average molecular weight is 222 g/mol. The van der Waals surface area contributed by atoms with Crippen LogP contribution >= 0.6 is 0 Å². The van der Waals surface area contributed by atoms with Crippen LogP contribution in [0.25, 0.3) is 0 Å². The van der Waals surface area contributed by atoms with E-state index in [1.165, 1.54) is 77.7 Å². The molecule has 3 fully saturated rings. The molecule has 16 heavy (non-hydrogen) atoms. The van der Waals surface area contributed by atoms with Crippen molar-refractivity contribution in [2.75, 3.05) is 32.7 Å². The van der Waals surface area contributed by atoms with Crippen molar-refractivity contribution >= 4 is 0 Å². The first-order valence-corrected chi connectivity index (χ1v) is 7.29. The second-order valence-corrected chi connectivity index (χ2v) is 6.36. The van der Waals surface area contributed by atoms with Crippen LogP contribution in [-0.4, -0.2) is 37.6 Å². The van der Waals surface area contributed by atoms with Crippen molar-refractivity contribution in [2.45, 2.75) is 44.9 Å². The van der Waals surface area contributed by atoms with Crippen LogP contribution in [0.4, 0.5) is 0 Å². The third-order valence-corrected chi connectivity index (χ3v) is 5.30. The van der Waals surface area contributed by atoms with Gasteiger partial charge in [-0.05, 0) is 76.2 Å². The molecule has 0 aromatic rings. The number of nitrogens with zero attached hydrogens (tertiary/aromatic N) is 1. The maximum atomic E-state index is 3.37. The predicted octanol–water partition coefficient (Wildman–Crippen LogP) is 2.25. The topological polar surface area (TPSA) is 15.3 Å². The lowest BCUT2D eigenvalue weighted by atomic mass is 9.77. The highest BCUT2D eigenvalue weighted by atomic mass is 15.1. The lowest BCUT2D eigenvalue weighted by molar-refractivity contribution is 0.101. The fourth-order valence-electron chi connectivity index (χ4n) is 3.79. The van der Waals surface area contributed by atoms with E-state index in [-0.39, 0.29) is 0 Å². The summed E-state index contributed by atoms with van der Waals surface area (Å²) in [5, 5.41) is 3.37. The van der Waals surface area contributed by atoms with Crippen molar-refractivity contribution in [1.82, 2.24) is 10.2 Å². The van der Waals surface area contributed by atoms with Gasteiger partial charge in [0.05, 0.1) is 0 Å². The van der Waals surface area contributed by atoms with Crippen LogP contribution in [0.3, 0.4) is 0 Å². The standard InChI is InChI=1S/C14H26N2/c1-2-5-14(4-1)6-9-16(10-7-14)8-3-13-11-15-12-13/h13,15H,1-12H2. The Morgan fingerprint density at radius 3 is 2.25 bits per heavy atom. The van der Waals surface area contributed by atoms with Gasteiger partial charge in [0.15, 0.2) is 0 Å². The summed E-state index contributed by atoms with van der Waals surface area (Å²) in [4.78, 5) is 2.72. The summed E-state index contributed by atoms with van der Waals surface area (Å²) in [6, 6.07) is 0. The van der Waals surface area contributed by atoms with Crippen LogP contribution < -0.4 is 5.32 Å². The van der Waals surface area contributed by atoms with Gasteiger partial charge in [-0.2, -0.15) is 0 Å². The molecule has 3 rings (SSSR count). The van der Waals surface area contributed by atoms with Gasteiger partial charge in [-0.25, -0.2) is 0 Å². The first-order chi connectivity index (χ1) is 7.86. The fourth-order valence-corrected chi connectivity index (χ4v) is 3.79. The molecule has 2 heterocycles. The minimum absolute atomic E-state index is 0.800. The third-order valence-electron chi connectivity index (χ3n) is 5.30. The highest BCUT2D eigenvalue weighted by Gasteiger charge is 2.36. The molecular formula is C14H26N2. The molecule has 92 valence electrons. The van der Waals surface area contributed by atoms with Gasteiger partial charge in [0, 0.05) is 0 Å². The van der Waals surface area contributed by atoms with Gasteiger partial charge >= 0.3 is 0 Å². The summed E-state index contributed by atoms with van der Waals surface area (Å²) >= 11 is 0. The number of rotatable bonds is 3.